The second-order valence-electron chi connectivity index (χ2n) is 7.50. The number of anilines is 2. The van der Waals surface area contributed by atoms with Gasteiger partial charge in [-0.15, -0.1) is 0 Å². The molecule has 1 aliphatic rings. The molecule has 0 spiro atoms. The molecule has 0 bridgehead atoms. The fourth-order valence-electron chi connectivity index (χ4n) is 3.52. The fourth-order valence-corrected chi connectivity index (χ4v) is 5.09. The lowest BCUT2D eigenvalue weighted by Gasteiger charge is -2.24. The highest BCUT2D eigenvalue weighted by Gasteiger charge is 2.29. The van der Waals surface area contributed by atoms with Crippen molar-refractivity contribution in [2.75, 3.05) is 30.4 Å². The van der Waals surface area contributed by atoms with Crippen molar-refractivity contribution in [3.63, 3.8) is 0 Å². The monoisotopic (exact) mass is 528 g/mol. The van der Waals surface area contributed by atoms with Crippen molar-refractivity contribution in [1.29, 1.82) is 0 Å². The molecule has 1 aliphatic heterocycles. The van der Waals surface area contributed by atoms with Crippen LogP contribution in [0, 0.1) is 0 Å². The maximum atomic E-state index is 13.6. The highest BCUT2D eigenvalue weighted by molar-refractivity contribution is 7.92. The van der Waals surface area contributed by atoms with Crippen LogP contribution in [0.3, 0.4) is 0 Å². The van der Waals surface area contributed by atoms with Crippen LogP contribution in [0.2, 0.25) is 5.02 Å². The van der Waals surface area contributed by atoms with Crippen LogP contribution in [0.15, 0.2) is 76.7 Å². The smallest absolute Gasteiger partial charge is 0.276 e. The first-order valence-corrected chi connectivity index (χ1v) is 12.3. The number of methoxy groups -OCH3 is 2. The van der Waals surface area contributed by atoms with E-state index in [0.717, 1.165) is 4.31 Å². The number of rotatable bonds is 8. The molecule has 12 heteroatoms. The van der Waals surface area contributed by atoms with E-state index in [9.17, 15) is 18.0 Å². The van der Waals surface area contributed by atoms with Crippen molar-refractivity contribution in [3.05, 3.63) is 77.3 Å². The van der Waals surface area contributed by atoms with E-state index >= 15 is 0 Å². The standard InChI is InChI=1S/C24H21ClN4O6S/c1-34-20-12-11-17(13-21(20)35-2)36(32,33)29(16-9-7-15(25)8-10-16)14-22(30)27-28-23-18-5-3-4-6-19(18)26-24(23)31/h3-13H,14H2,1-2H3,(H,27,30)(H,26,28,31). The number of carbonyl (C=O) groups excluding carboxylic acids is 2. The van der Waals surface area contributed by atoms with Crippen LogP contribution in [-0.4, -0.2) is 46.7 Å². The molecule has 2 amide bonds. The average Bonchev–Trinajstić information content (AvgIpc) is 3.20. The molecule has 0 aliphatic carbocycles. The van der Waals surface area contributed by atoms with Crippen molar-refractivity contribution in [2.24, 2.45) is 5.10 Å². The second kappa shape index (κ2) is 10.3. The van der Waals surface area contributed by atoms with E-state index in [1.807, 2.05) is 0 Å². The summed E-state index contributed by atoms with van der Waals surface area (Å²) >= 11 is 5.97. The van der Waals surface area contributed by atoms with Gasteiger partial charge in [0, 0.05) is 16.7 Å². The molecular weight excluding hydrogens is 508 g/mol. The van der Waals surface area contributed by atoms with Crippen molar-refractivity contribution in [2.45, 2.75) is 4.90 Å². The Kier molecular flexibility index (Phi) is 7.13. The van der Waals surface area contributed by atoms with Crippen LogP contribution >= 0.6 is 11.6 Å². The highest BCUT2D eigenvalue weighted by Crippen LogP contribution is 2.32. The zero-order chi connectivity index (χ0) is 25.9. The number of para-hydroxylation sites is 1. The molecule has 0 saturated heterocycles. The summed E-state index contributed by atoms with van der Waals surface area (Å²) in [4.78, 5) is 25.0. The molecule has 1 heterocycles. The van der Waals surface area contributed by atoms with E-state index in [-0.39, 0.29) is 22.0 Å². The van der Waals surface area contributed by atoms with Crippen LogP contribution < -0.4 is 24.5 Å². The van der Waals surface area contributed by atoms with Gasteiger partial charge in [-0.2, -0.15) is 5.10 Å². The Morgan fingerprint density at radius 3 is 2.42 bits per heavy atom. The summed E-state index contributed by atoms with van der Waals surface area (Å²) < 4.78 is 38.5. The minimum atomic E-state index is -4.25. The van der Waals surface area contributed by atoms with Gasteiger partial charge in [0.15, 0.2) is 17.2 Å². The average molecular weight is 529 g/mol. The van der Waals surface area contributed by atoms with Gasteiger partial charge in [0.1, 0.15) is 6.54 Å². The lowest BCUT2D eigenvalue weighted by atomic mass is 10.1. The predicted molar refractivity (Wildman–Crippen MR) is 135 cm³/mol. The second-order valence-corrected chi connectivity index (χ2v) is 9.80. The SMILES string of the molecule is COc1ccc(S(=O)(=O)N(CC(=O)N/N=C2/C(=O)Nc3ccccc32)c2ccc(Cl)cc2)cc1OC. The Hall–Kier alpha value is -4.09. The van der Waals surface area contributed by atoms with Crippen LogP contribution in [0.25, 0.3) is 0 Å². The zero-order valence-corrected chi connectivity index (χ0v) is 20.8. The summed E-state index contributed by atoms with van der Waals surface area (Å²) in [7, 11) is -1.43. The quantitative estimate of drug-likeness (QED) is 0.433. The first-order chi connectivity index (χ1) is 17.2. The largest absolute Gasteiger partial charge is 0.493 e. The van der Waals surface area contributed by atoms with E-state index in [4.69, 9.17) is 21.1 Å². The molecule has 2 N–H and O–H groups in total. The lowest BCUT2D eigenvalue weighted by Crippen LogP contribution is -2.40. The van der Waals surface area contributed by atoms with Gasteiger partial charge in [-0.3, -0.25) is 13.9 Å². The van der Waals surface area contributed by atoms with E-state index in [1.54, 1.807) is 24.3 Å². The van der Waals surface area contributed by atoms with Gasteiger partial charge in [-0.05, 0) is 42.5 Å². The molecule has 4 rings (SSSR count). The molecule has 0 saturated carbocycles. The molecule has 36 heavy (non-hydrogen) atoms. The minimum absolute atomic E-state index is 0.0136. The van der Waals surface area contributed by atoms with Crippen molar-refractivity contribution in [1.82, 2.24) is 5.43 Å². The van der Waals surface area contributed by atoms with E-state index in [1.165, 1.54) is 56.7 Å². The normalized spacial score (nSPS) is 13.6. The molecule has 0 atom stereocenters. The molecular formula is C24H21ClN4O6S. The lowest BCUT2D eigenvalue weighted by molar-refractivity contribution is -0.119. The summed E-state index contributed by atoms with van der Waals surface area (Å²) in [6, 6.07) is 16.9. The van der Waals surface area contributed by atoms with Gasteiger partial charge in [0.2, 0.25) is 0 Å². The van der Waals surface area contributed by atoms with Gasteiger partial charge in [-0.1, -0.05) is 29.8 Å². The van der Waals surface area contributed by atoms with Crippen LogP contribution in [0.5, 0.6) is 11.5 Å². The Labute approximate surface area is 212 Å². The Morgan fingerprint density at radius 1 is 1.03 bits per heavy atom. The van der Waals surface area contributed by atoms with Crippen molar-refractivity contribution >= 4 is 50.5 Å². The summed E-state index contributed by atoms with van der Waals surface area (Å²) in [5, 5.41) is 6.98. The number of sulfonamides is 1. The first kappa shape index (κ1) is 25.0. The number of hydrogen-bond acceptors (Lipinski definition) is 7. The molecule has 0 radical (unpaired) electrons. The fraction of sp³-hybridized carbons (Fsp3) is 0.125. The first-order valence-electron chi connectivity index (χ1n) is 10.5. The number of ether oxygens (including phenoxy) is 2. The van der Waals surface area contributed by atoms with E-state index in [0.29, 0.717) is 22.0 Å². The van der Waals surface area contributed by atoms with Crippen LogP contribution in [0.4, 0.5) is 11.4 Å². The molecule has 3 aromatic carbocycles. The van der Waals surface area contributed by atoms with Crippen LogP contribution in [0.1, 0.15) is 5.56 Å². The third-order valence-corrected chi connectivity index (χ3v) is 7.30. The Bertz CT molecular complexity index is 1460. The third-order valence-electron chi connectivity index (χ3n) is 5.28. The van der Waals surface area contributed by atoms with Crippen LogP contribution in [-0.2, 0) is 19.6 Å². The molecule has 0 unspecified atom stereocenters. The van der Waals surface area contributed by atoms with Gasteiger partial charge < -0.3 is 14.8 Å². The molecule has 3 aromatic rings. The predicted octanol–water partition coefficient (Wildman–Crippen LogP) is 3.03. The minimum Gasteiger partial charge on any atom is -0.493 e. The molecule has 186 valence electrons. The Balaban J connectivity index is 1.65. The maximum Gasteiger partial charge on any atom is 0.276 e. The summed E-state index contributed by atoms with van der Waals surface area (Å²) in [5.74, 6) is -0.697. The van der Waals surface area contributed by atoms with Crippen molar-refractivity contribution < 1.29 is 27.5 Å². The third kappa shape index (κ3) is 4.97. The number of nitrogens with zero attached hydrogens (tertiary/aromatic N) is 2. The molecule has 0 aromatic heterocycles. The van der Waals surface area contributed by atoms with E-state index in [2.05, 4.69) is 15.8 Å². The number of fused-ring (bicyclic) bond motifs is 1. The number of amides is 2. The van der Waals surface area contributed by atoms with E-state index < -0.39 is 28.4 Å². The topological polar surface area (TPSA) is 126 Å². The van der Waals surface area contributed by atoms with Gasteiger partial charge >= 0.3 is 0 Å². The number of hydrogen-bond donors (Lipinski definition) is 2. The van der Waals surface area contributed by atoms with Crippen molar-refractivity contribution in [3.8, 4) is 11.5 Å². The number of carbonyl (C=O) groups is 2. The van der Waals surface area contributed by atoms with Gasteiger partial charge in [0.05, 0.1) is 30.5 Å². The Morgan fingerprint density at radius 2 is 1.72 bits per heavy atom. The number of halogens is 1. The number of benzene rings is 3. The number of hydrazone groups is 1. The zero-order valence-electron chi connectivity index (χ0n) is 19.2. The number of nitrogens with one attached hydrogen (secondary N) is 2. The summed E-state index contributed by atoms with van der Waals surface area (Å²) in [6.45, 7) is -0.627. The summed E-state index contributed by atoms with van der Waals surface area (Å²) in [5.41, 5.74) is 3.58. The van der Waals surface area contributed by atoms with Gasteiger partial charge in [0.25, 0.3) is 21.8 Å². The highest BCUT2D eigenvalue weighted by atomic mass is 35.5. The maximum absolute atomic E-state index is 13.6. The summed E-state index contributed by atoms with van der Waals surface area (Å²) in [6.07, 6.45) is 0. The molecule has 0 fully saturated rings. The van der Waals surface area contributed by atoms with Gasteiger partial charge in [-0.25, -0.2) is 13.8 Å². The molecule has 10 nitrogen and oxygen atoms in total.